The van der Waals surface area contributed by atoms with E-state index in [-0.39, 0.29) is 0 Å². The van der Waals surface area contributed by atoms with E-state index in [1.807, 2.05) is 18.2 Å². The van der Waals surface area contributed by atoms with Crippen molar-refractivity contribution in [1.29, 1.82) is 0 Å². The summed E-state index contributed by atoms with van der Waals surface area (Å²) >= 11 is 4.97. The van der Waals surface area contributed by atoms with Crippen molar-refractivity contribution in [2.24, 2.45) is 5.73 Å². The first kappa shape index (κ1) is 14.7. The molecule has 0 aliphatic carbocycles. The van der Waals surface area contributed by atoms with Gasteiger partial charge in [0.25, 0.3) is 0 Å². The zero-order valence-electron chi connectivity index (χ0n) is 11.8. The van der Waals surface area contributed by atoms with Crippen LogP contribution in [0.1, 0.15) is 23.6 Å². The maximum atomic E-state index is 5.61. The Labute approximate surface area is 126 Å². The summed E-state index contributed by atoms with van der Waals surface area (Å²) in [6.45, 7) is 5.11. The fraction of sp³-hybridized carbons (Fsp3) is 0.235. The van der Waals surface area contributed by atoms with Crippen LogP contribution in [0.2, 0.25) is 0 Å². The van der Waals surface area contributed by atoms with Gasteiger partial charge in [-0.05, 0) is 17.7 Å². The van der Waals surface area contributed by atoms with Crippen LogP contribution in [-0.4, -0.2) is 16.4 Å². The molecule has 3 heteroatoms. The topological polar surface area (TPSA) is 29.3 Å². The summed E-state index contributed by atoms with van der Waals surface area (Å²) in [6, 6.07) is 18.7. The molecule has 2 aromatic carbocycles. The molecule has 0 heterocycles. The van der Waals surface area contributed by atoms with Crippen molar-refractivity contribution in [3.8, 4) is 0 Å². The van der Waals surface area contributed by atoms with E-state index >= 15 is 0 Å². The molecule has 0 spiro atoms. The van der Waals surface area contributed by atoms with E-state index in [9.17, 15) is 0 Å². The molecule has 2 nitrogen and oxygen atoms in total. The van der Waals surface area contributed by atoms with Crippen LogP contribution in [0.3, 0.4) is 0 Å². The predicted octanol–water partition coefficient (Wildman–Crippen LogP) is 3.34. The minimum atomic E-state index is 0.452. The lowest BCUT2D eigenvalue weighted by atomic mass is 10.1. The van der Waals surface area contributed by atoms with Gasteiger partial charge in [0.1, 0.15) is 4.99 Å². The largest absolute Gasteiger partial charge is 0.389 e. The van der Waals surface area contributed by atoms with E-state index in [0.29, 0.717) is 4.99 Å². The number of hydrogen-bond donors (Lipinski definition) is 1. The summed E-state index contributed by atoms with van der Waals surface area (Å²) in [5.74, 6) is 0. The number of hydrogen-bond acceptors (Lipinski definition) is 2. The van der Waals surface area contributed by atoms with Crippen molar-refractivity contribution < 1.29 is 0 Å². The van der Waals surface area contributed by atoms with Gasteiger partial charge in [-0.3, -0.25) is 4.90 Å². The Balaban J connectivity index is 2.01. The maximum absolute atomic E-state index is 5.61. The number of nitrogens with zero attached hydrogens (tertiary/aromatic N) is 1. The molecule has 0 bridgehead atoms. The standard InChI is InChI=1S/C17H20N2S/c1-2-19(12-14-6-4-3-5-7-14)13-15-8-10-16(11-9-15)17(18)20/h3-11H,2,12-13H2,1H3,(H2,18,20). The van der Waals surface area contributed by atoms with Gasteiger partial charge < -0.3 is 5.73 Å². The van der Waals surface area contributed by atoms with Crippen LogP contribution in [0, 0.1) is 0 Å². The van der Waals surface area contributed by atoms with Gasteiger partial charge in [0.15, 0.2) is 0 Å². The molecule has 20 heavy (non-hydrogen) atoms. The smallest absolute Gasteiger partial charge is 0.103 e. The zero-order valence-corrected chi connectivity index (χ0v) is 12.6. The Morgan fingerprint density at radius 2 is 1.50 bits per heavy atom. The first-order valence-corrected chi connectivity index (χ1v) is 7.25. The van der Waals surface area contributed by atoms with Crippen LogP contribution < -0.4 is 5.73 Å². The highest BCUT2D eigenvalue weighted by Crippen LogP contribution is 2.11. The van der Waals surface area contributed by atoms with Gasteiger partial charge in [0.05, 0.1) is 0 Å². The zero-order chi connectivity index (χ0) is 14.4. The molecule has 0 aliphatic heterocycles. The lowest BCUT2D eigenvalue weighted by molar-refractivity contribution is 0.271. The van der Waals surface area contributed by atoms with Crippen molar-refractivity contribution in [1.82, 2.24) is 4.90 Å². The lowest BCUT2D eigenvalue weighted by Gasteiger charge is -2.20. The third kappa shape index (κ3) is 4.15. The highest BCUT2D eigenvalue weighted by atomic mass is 32.1. The molecular weight excluding hydrogens is 264 g/mol. The van der Waals surface area contributed by atoms with Gasteiger partial charge in [0.2, 0.25) is 0 Å². The molecule has 0 atom stereocenters. The van der Waals surface area contributed by atoms with Crippen molar-refractivity contribution in [2.45, 2.75) is 20.0 Å². The quantitative estimate of drug-likeness (QED) is 0.825. The molecule has 0 amide bonds. The summed E-state index contributed by atoms with van der Waals surface area (Å²) < 4.78 is 0. The molecule has 0 unspecified atom stereocenters. The van der Waals surface area contributed by atoms with Crippen molar-refractivity contribution >= 4 is 17.2 Å². The Bertz CT molecular complexity index is 549. The highest BCUT2D eigenvalue weighted by Gasteiger charge is 2.05. The highest BCUT2D eigenvalue weighted by molar-refractivity contribution is 7.80. The Morgan fingerprint density at radius 1 is 0.950 bits per heavy atom. The van der Waals surface area contributed by atoms with Crippen molar-refractivity contribution in [3.63, 3.8) is 0 Å². The number of benzene rings is 2. The van der Waals surface area contributed by atoms with E-state index in [0.717, 1.165) is 25.2 Å². The van der Waals surface area contributed by atoms with Crippen LogP contribution >= 0.6 is 12.2 Å². The lowest BCUT2D eigenvalue weighted by Crippen LogP contribution is -2.22. The summed E-state index contributed by atoms with van der Waals surface area (Å²) in [7, 11) is 0. The second-order valence-corrected chi connectivity index (χ2v) is 5.29. The predicted molar refractivity (Wildman–Crippen MR) is 88.6 cm³/mol. The van der Waals surface area contributed by atoms with Crippen molar-refractivity contribution in [3.05, 3.63) is 71.3 Å². The van der Waals surface area contributed by atoms with E-state index in [1.54, 1.807) is 0 Å². The number of nitrogens with two attached hydrogens (primary N) is 1. The van der Waals surface area contributed by atoms with Gasteiger partial charge in [-0.15, -0.1) is 0 Å². The molecule has 0 fully saturated rings. The summed E-state index contributed by atoms with van der Waals surface area (Å²) in [6.07, 6.45) is 0. The molecule has 0 saturated carbocycles. The minimum Gasteiger partial charge on any atom is -0.389 e. The van der Waals surface area contributed by atoms with E-state index in [1.165, 1.54) is 11.1 Å². The minimum absolute atomic E-state index is 0.452. The van der Waals surface area contributed by atoms with Crippen LogP contribution in [0.25, 0.3) is 0 Å². The summed E-state index contributed by atoms with van der Waals surface area (Å²) in [5, 5.41) is 0. The van der Waals surface area contributed by atoms with Gasteiger partial charge in [-0.1, -0.05) is 73.7 Å². The molecule has 0 aliphatic rings. The van der Waals surface area contributed by atoms with Crippen molar-refractivity contribution in [2.75, 3.05) is 6.54 Å². The fourth-order valence-electron chi connectivity index (χ4n) is 2.15. The SMILES string of the molecule is CCN(Cc1ccccc1)Cc1ccc(C(N)=S)cc1. The molecule has 0 radical (unpaired) electrons. The van der Waals surface area contributed by atoms with E-state index in [4.69, 9.17) is 18.0 Å². The van der Waals surface area contributed by atoms with Crippen LogP contribution in [0.4, 0.5) is 0 Å². The first-order valence-electron chi connectivity index (χ1n) is 6.84. The fourth-order valence-corrected chi connectivity index (χ4v) is 2.29. The molecular formula is C17H20N2S. The molecule has 0 aromatic heterocycles. The molecule has 2 aromatic rings. The average molecular weight is 284 g/mol. The Kier molecular flexibility index (Phi) is 5.27. The normalized spacial score (nSPS) is 10.7. The van der Waals surface area contributed by atoms with Gasteiger partial charge >= 0.3 is 0 Å². The number of rotatable bonds is 6. The Hall–Kier alpha value is -1.71. The Morgan fingerprint density at radius 3 is 2.00 bits per heavy atom. The monoisotopic (exact) mass is 284 g/mol. The summed E-state index contributed by atoms with van der Waals surface area (Å²) in [4.78, 5) is 2.86. The second kappa shape index (κ2) is 7.17. The molecule has 0 saturated heterocycles. The van der Waals surface area contributed by atoms with Gasteiger partial charge in [-0.2, -0.15) is 0 Å². The molecule has 2 N–H and O–H groups in total. The van der Waals surface area contributed by atoms with E-state index < -0.39 is 0 Å². The summed E-state index contributed by atoms with van der Waals surface area (Å²) in [5.41, 5.74) is 9.16. The maximum Gasteiger partial charge on any atom is 0.103 e. The second-order valence-electron chi connectivity index (χ2n) is 4.85. The van der Waals surface area contributed by atoms with Crippen LogP contribution in [-0.2, 0) is 13.1 Å². The van der Waals surface area contributed by atoms with Crippen LogP contribution in [0.15, 0.2) is 54.6 Å². The first-order chi connectivity index (χ1) is 9.69. The van der Waals surface area contributed by atoms with Crippen LogP contribution in [0.5, 0.6) is 0 Å². The molecule has 104 valence electrons. The van der Waals surface area contributed by atoms with E-state index in [2.05, 4.69) is 48.2 Å². The molecule has 2 rings (SSSR count). The third-order valence-electron chi connectivity index (χ3n) is 3.34. The number of thiocarbonyl (C=S) groups is 1. The van der Waals surface area contributed by atoms with Gasteiger partial charge in [0, 0.05) is 18.7 Å². The average Bonchev–Trinajstić information content (AvgIpc) is 2.48. The third-order valence-corrected chi connectivity index (χ3v) is 3.58. The van der Waals surface area contributed by atoms with Gasteiger partial charge in [-0.25, -0.2) is 0 Å².